The molecular formula is C24H19N3O6. The molecule has 0 aliphatic carbocycles. The Morgan fingerprint density at radius 2 is 1.91 bits per heavy atom. The fraction of sp³-hybridized carbons (Fsp3) is 0.125. The average Bonchev–Trinajstić information content (AvgIpc) is 3.09. The van der Waals surface area contributed by atoms with Gasteiger partial charge in [-0.05, 0) is 29.3 Å². The smallest absolute Gasteiger partial charge is 0.295 e. The molecule has 4 rings (SSSR count). The molecule has 2 heterocycles. The van der Waals surface area contributed by atoms with Crippen molar-refractivity contribution in [3.05, 3.63) is 105 Å². The summed E-state index contributed by atoms with van der Waals surface area (Å²) in [6, 6.07) is 14.3. The minimum Gasteiger partial charge on any atom is -0.872 e. The molecule has 0 saturated carbocycles. The Kier molecular flexibility index (Phi) is 5.86. The van der Waals surface area contributed by atoms with Gasteiger partial charge >= 0.3 is 0 Å². The number of ether oxygens (including phenoxy) is 1. The number of hydrogen-bond donors (Lipinski definition) is 0. The van der Waals surface area contributed by atoms with Crippen LogP contribution in [-0.4, -0.2) is 28.6 Å². The molecule has 166 valence electrons. The second kappa shape index (κ2) is 8.91. The lowest BCUT2D eigenvalue weighted by atomic mass is 9.95. The minimum atomic E-state index is -1.08. The second-order valence-electron chi connectivity index (χ2n) is 7.40. The van der Waals surface area contributed by atoms with Gasteiger partial charge < -0.3 is 14.7 Å². The molecule has 1 fully saturated rings. The topological polar surface area (TPSA) is 127 Å². The Labute approximate surface area is 188 Å². The number of nitrogens with zero attached hydrogens (tertiary/aromatic N) is 2. The van der Waals surface area contributed by atoms with Gasteiger partial charge in [-0.3, -0.25) is 19.7 Å². The molecule has 0 radical (unpaired) electrons. The van der Waals surface area contributed by atoms with Crippen molar-refractivity contribution in [3.8, 4) is 5.75 Å². The molecule has 33 heavy (non-hydrogen) atoms. The van der Waals surface area contributed by atoms with Gasteiger partial charge in [0.2, 0.25) is 5.78 Å². The van der Waals surface area contributed by atoms with Crippen LogP contribution in [-0.2, 0) is 16.1 Å². The van der Waals surface area contributed by atoms with Crippen LogP contribution in [0.3, 0.4) is 0 Å². The molecule has 9 nitrogen and oxygen atoms in total. The fourth-order valence-electron chi connectivity index (χ4n) is 3.83. The summed E-state index contributed by atoms with van der Waals surface area (Å²) in [5, 5.41) is 24.8. The maximum atomic E-state index is 13.4. The van der Waals surface area contributed by atoms with Crippen molar-refractivity contribution in [1.82, 2.24) is 4.90 Å². The van der Waals surface area contributed by atoms with Crippen LogP contribution in [0.15, 0.2) is 78.6 Å². The van der Waals surface area contributed by atoms with E-state index in [1.807, 2.05) is 0 Å². The third kappa shape index (κ3) is 4.16. The first kappa shape index (κ1) is 21.7. The lowest BCUT2D eigenvalue weighted by molar-refractivity contribution is -0.385. The van der Waals surface area contributed by atoms with E-state index in [0.29, 0.717) is 16.9 Å². The molecule has 1 aliphatic heterocycles. The summed E-state index contributed by atoms with van der Waals surface area (Å²) in [6.45, 7) is 0.0319. The number of carbonyl (C=O) groups excluding carboxylic acids is 2. The van der Waals surface area contributed by atoms with Crippen LogP contribution in [0.25, 0.3) is 5.76 Å². The van der Waals surface area contributed by atoms with Gasteiger partial charge in [0.15, 0.2) is 12.4 Å². The molecule has 1 saturated heterocycles. The van der Waals surface area contributed by atoms with Gasteiger partial charge in [-0.15, -0.1) is 0 Å². The lowest BCUT2D eigenvalue weighted by Crippen LogP contribution is -2.29. The van der Waals surface area contributed by atoms with E-state index in [-0.39, 0.29) is 23.4 Å². The van der Waals surface area contributed by atoms with Crippen LogP contribution in [0.1, 0.15) is 22.7 Å². The van der Waals surface area contributed by atoms with E-state index >= 15 is 0 Å². The Hall–Kier alpha value is -4.53. The molecule has 3 aromatic rings. The maximum Gasteiger partial charge on any atom is 0.295 e. The zero-order valence-corrected chi connectivity index (χ0v) is 17.6. The van der Waals surface area contributed by atoms with Crippen molar-refractivity contribution in [2.75, 3.05) is 7.11 Å². The number of Topliss-reactive ketones (excluding diaryl/α,β-unsaturated/α-hetero) is 1. The van der Waals surface area contributed by atoms with E-state index in [2.05, 4.69) is 4.98 Å². The van der Waals surface area contributed by atoms with E-state index in [1.54, 1.807) is 42.7 Å². The van der Waals surface area contributed by atoms with Gasteiger partial charge in [-0.2, -0.15) is 0 Å². The summed E-state index contributed by atoms with van der Waals surface area (Å²) in [7, 11) is 1.45. The van der Waals surface area contributed by atoms with Gasteiger partial charge in [0.1, 0.15) is 5.75 Å². The van der Waals surface area contributed by atoms with Gasteiger partial charge in [-0.25, -0.2) is 4.98 Å². The minimum absolute atomic E-state index is 0.0319. The first-order chi connectivity index (χ1) is 15.9. The van der Waals surface area contributed by atoms with E-state index in [9.17, 15) is 24.8 Å². The quantitative estimate of drug-likeness (QED) is 0.187. The highest BCUT2D eigenvalue weighted by molar-refractivity contribution is 6.46. The average molecular weight is 445 g/mol. The monoisotopic (exact) mass is 445 g/mol. The number of nitrogens with one attached hydrogen (secondary N) is 1. The van der Waals surface area contributed by atoms with Gasteiger partial charge in [-0.1, -0.05) is 30.0 Å². The van der Waals surface area contributed by atoms with E-state index in [0.717, 1.165) is 0 Å². The number of carbonyl (C=O) groups is 2. The molecule has 1 atom stereocenters. The number of ketones is 1. The molecule has 1 N–H and O–H groups in total. The van der Waals surface area contributed by atoms with E-state index < -0.39 is 28.4 Å². The summed E-state index contributed by atoms with van der Waals surface area (Å²) < 4.78 is 5.17. The molecule has 1 aromatic heterocycles. The highest BCUT2D eigenvalue weighted by Crippen LogP contribution is 2.40. The molecule has 9 heteroatoms. The summed E-state index contributed by atoms with van der Waals surface area (Å²) in [4.78, 5) is 41.0. The number of aromatic amines is 1. The second-order valence-corrected chi connectivity index (χ2v) is 7.40. The standard InChI is InChI=1S/C24H19N3O6/c1-33-19-9-3-7-17(12-19)22(28)20-21(16-6-2-8-18(11-16)27(31)32)26(24(30)23(20)29)14-15-5-4-10-25-13-15/h2-13,21,28H,14H2,1H3. The van der Waals surface area contributed by atoms with Crippen molar-refractivity contribution >= 4 is 23.1 Å². The number of benzene rings is 2. The van der Waals surface area contributed by atoms with Crippen LogP contribution < -0.4 is 14.8 Å². The van der Waals surface area contributed by atoms with Gasteiger partial charge in [0, 0.05) is 29.3 Å². The van der Waals surface area contributed by atoms with E-state index in [4.69, 9.17) is 4.74 Å². The lowest BCUT2D eigenvalue weighted by Gasteiger charge is -2.27. The Balaban J connectivity index is 1.90. The molecule has 1 unspecified atom stereocenters. The Morgan fingerprint density at radius 3 is 2.61 bits per heavy atom. The van der Waals surface area contributed by atoms with Crippen LogP contribution in [0.2, 0.25) is 0 Å². The molecule has 1 aliphatic rings. The summed E-state index contributed by atoms with van der Waals surface area (Å²) in [5.74, 6) is -1.99. The summed E-state index contributed by atoms with van der Waals surface area (Å²) in [6.07, 6.45) is 3.37. The number of pyridine rings is 1. The number of likely N-dealkylation sites (tertiary alicyclic amines) is 1. The number of H-pyrrole nitrogens is 1. The summed E-state index contributed by atoms with van der Waals surface area (Å²) >= 11 is 0. The van der Waals surface area contributed by atoms with Crippen LogP contribution in [0.4, 0.5) is 5.69 Å². The number of methoxy groups -OCH3 is 1. The number of non-ortho nitro benzene ring substituents is 1. The third-order valence-corrected chi connectivity index (χ3v) is 5.38. The number of nitro benzene ring substituents is 1. The number of rotatable bonds is 6. The highest BCUT2D eigenvalue weighted by Gasteiger charge is 2.44. The maximum absolute atomic E-state index is 13.4. The van der Waals surface area contributed by atoms with E-state index in [1.165, 1.54) is 42.3 Å². The first-order valence-electron chi connectivity index (χ1n) is 10.0. The van der Waals surface area contributed by atoms with Crippen LogP contribution in [0, 0.1) is 10.1 Å². The zero-order chi connectivity index (χ0) is 23.5. The van der Waals surface area contributed by atoms with Crippen molar-refractivity contribution < 1.29 is 29.3 Å². The molecule has 2 aromatic carbocycles. The molecule has 1 amide bonds. The Bertz CT molecular complexity index is 1270. The predicted octanol–water partition coefficient (Wildman–Crippen LogP) is 1.84. The normalized spacial score (nSPS) is 17.2. The largest absolute Gasteiger partial charge is 0.872 e. The zero-order valence-electron chi connectivity index (χ0n) is 17.6. The van der Waals surface area contributed by atoms with Crippen molar-refractivity contribution in [2.45, 2.75) is 12.6 Å². The fourth-order valence-corrected chi connectivity index (χ4v) is 3.83. The highest BCUT2D eigenvalue weighted by atomic mass is 16.6. The first-order valence-corrected chi connectivity index (χ1v) is 10.0. The third-order valence-electron chi connectivity index (χ3n) is 5.38. The number of amides is 1. The van der Waals surface area contributed by atoms with Gasteiger partial charge in [0.05, 0.1) is 24.6 Å². The predicted molar refractivity (Wildman–Crippen MR) is 114 cm³/mol. The van der Waals surface area contributed by atoms with Crippen molar-refractivity contribution in [1.29, 1.82) is 0 Å². The van der Waals surface area contributed by atoms with Crippen molar-refractivity contribution in [3.63, 3.8) is 0 Å². The Morgan fingerprint density at radius 1 is 1.12 bits per heavy atom. The SMILES string of the molecule is COc1cccc(C([O-])=C2C(=O)C(=O)N(Cc3ccc[nH+]c3)C2c2cccc([N+](=O)[O-])c2)c1. The molecular weight excluding hydrogens is 426 g/mol. The van der Waals surface area contributed by atoms with Gasteiger partial charge in [0.25, 0.3) is 11.6 Å². The van der Waals surface area contributed by atoms with Crippen molar-refractivity contribution in [2.24, 2.45) is 0 Å². The van der Waals surface area contributed by atoms with Crippen LogP contribution >= 0.6 is 0 Å². The number of nitro groups is 1. The molecule has 0 bridgehead atoms. The number of aromatic nitrogens is 1. The molecule has 0 spiro atoms. The number of hydrogen-bond acceptors (Lipinski definition) is 6. The summed E-state index contributed by atoms with van der Waals surface area (Å²) in [5.41, 5.74) is 0.712. The van der Waals surface area contributed by atoms with Crippen LogP contribution in [0.5, 0.6) is 5.75 Å².